The van der Waals surface area contributed by atoms with Crippen LogP contribution >= 0.6 is 0 Å². The average Bonchev–Trinajstić information content (AvgIpc) is 2.62. The minimum atomic E-state index is 0.176. The van der Waals surface area contributed by atoms with Gasteiger partial charge in [-0.05, 0) is 50.6 Å². The van der Waals surface area contributed by atoms with Crippen molar-refractivity contribution in [2.45, 2.75) is 32.7 Å². The van der Waals surface area contributed by atoms with Gasteiger partial charge in [-0.1, -0.05) is 30.3 Å². The largest absolute Gasteiger partial charge is 0.369 e. The van der Waals surface area contributed by atoms with Crippen molar-refractivity contribution in [2.24, 2.45) is 0 Å². The zero-order valence-electron chi connectivity index (χ0n) is 15.5. The smallest absolute Gasteiger partial charge is 0.167 e. The van der Waals surface area contributed by atoms with E-state index in [0.29, 0.717) is 6.42 Å². The topological polar surface area (TPSA) is 23.6 Å². The summed E-state index contributed by atoms with van der Waals surface area (Å²) < 4.78 is 0. The molecule has 0 N–H and O–H groups in total. The van der Waals surface area contributed by atoms with Crippen molar-refractivity contribution >= 4 is 11.5 Å². The van der Waals surface area contributed by atoms with Gasteiger partial charge >= 0.3 is 0 Å². The molecule has 0 aliphatic carbocycles. The minimum absolute atomic E-state index is 0.176. The van der Waals surface area contributed by atoms with Gasteiger partial charge in [0.15, 0.2) is 5.78 Å². The van der Waals surface area contributed by atoms with Crippen LogP contribution in [0.2, 0.25) is 0 Å². The Hall–Kier alpha value is -2.13. The molecule has 1 saturated heterocycles. The molecule has 0 atom stereocenters. The quantitative estimate of drug-likeness (QED) is 0.788. The van der Waals surface area contributed by atoms with Gasteiger partial charge in [-0.25, -0.2) is 0 Å². The summed E-state index contributed by atoms with van der Waals surface area (Å²) >= 11 is 0. The number of hydrogen-bond acceptors (Lipinski definition) is 3. The summed E-state index contributed by atoms with van der Waals surface area (Å²) in [6.07, 6.45) is 0.463. The first-order valence-corrected chi connectivity index (χ1v) is 9.11. The first kappa shape index (κ1) is 17.7. The summed E-state index contributed by atoms with van der Waals surface area (Å²) in [4.78, 5) is 17.4. The van der Waals surface area contributed by atoms with Gasteiger partial charge in [0.05, 0.1) is 0 Å². The number of ketones is 1. The van der Waals surface area contributed by atoms with E-state index in [1.807, 2.05) is 42.5 Å². The fourth-order valence-electron chi connectivity index (χ4n) is 3.38. The summed E-state index contributed by atoms with van der Waals surface area (Å²) in [5.41, 5.74) is 3.31. The molecule has 2 aromatic rings. The van der Waals surface area contributed by atoms with Crippen LogP contribution in [0.4, 0.5) is 5.69 Å². The molecule has 0 unspecified atom stereocenters. The molecule has 0 bridgehead atoms. The van der Waals surface area contributed by atoms with Crippen molar-refractivity contribution in [3.05, 3.63) is 65.7 Å². The van der Waals surface area contributed by atoms with Gasteiger partial charge in [0.25, 0.3) is 0 Å². The lowest BCUT2D eigenvalue weighted by Gasteiger charge is -2.43. The molecule has 1 heterocycles. The lowest BCUT2D eigenvalue weighted by molar-refractivity contribution is 0.0993. The second kappa shape index (κ2) is 7.40. The van der Waals surface area contributed by atoms with E-state index in [1.165, 1.54) is 5.69 Å². The standard InChI is InChI=1S/C22H28N2O/c1-22(2,3)24-15-13-23(14-16-24)20-11-9-19(10-12-20)21(25)17-18-7-5-4-6-8-18/h4-12H,13-17H2,1-3H3. The van der Waals surface area contributed by atoms with Crippen molar-refractivity contribution in [3.63, 3.8) is 0 Å². The van der Waals surface area contributed by atoms with Crippen LogP contribution in [-0.4, -0.2) is 42.4 Å². The van der Waals surface area contributed by atoms with E-state index in [1.54, 1.807) is 0 Å². The molecule has 1 aliphatic heterocycles. The number of rotatable bonds is 4. The molecular formula is C22H28N2O. The highest BCUT2D eigenvalue weighted by molar-refractivity contribution is 5.97. The van der Waals surface area contributed by atoms with E-state index in [0.717, 1.165) is 37.3 Å². The highest BCUT2D eigenvalue weighted by Crippen LogP contribution is 2.21. The summed E-state index contributed by atoms with van der Waals surface area (Å²) in [7, 11) is 0. The van der Waals surface area contributed by atoms with Crippen molar-refractivity contribution in [2.75, 3.05) is 31.1 Å². The molecule has 0 amide bonds. The fraction of sp³-hybridized carbons (Fsp3) is 0.409. The lowest BCUT2D eigenvalue weighted by Crippen LogP contribution is -2.53. The number of nitrogens with zero attached hydrogens (tertiary/aromatic N) is 2. The van der Waals surface area contributed by atoms with Crippen LogP contribution in [0.3, 0.4) is 0 Å². The predicted molar refractivity (Wildman–Crippen MR) is 104 cm³/mol. The number of carbonyl (C=O) groups is 1. The number of benzene rings is 2. The van der Waals surface area contributed by atoms with Crippen molar-refractivity contribution in [1.82, 2.24) is 4.90 Å². The van der Waals surface area contributed by atoms with Crippen molar-refractivity contribution in [3.8, 4) is 0 Å². The van der Waals surface area contributed by atoms with Crippen LogP contribution in [0.5, 0.6) is 0 Å². The van der Waals surface area contributed by atoms with Crippen LogP contribution in [0.15, 0.2) is 54.6 Å². The van der Waals surface area contributed by atoms with Crippen LogP contribution in [0.25, 0.3) is 0 Å². The van der Waals surface area contributed by atoms with E-state index >= 15 is 0 Å². The highest BCUT2D eigenvalue weighted by atomic mass is 16.1. The number of Topliss-reactive ketones (excluding diaryl/α,β-unsaturated/α-hetero) is 1. The molecule has 25 heavy (non-hydrogen) atoms. The molecule has 3 heteroatoms. The molecular weight excluding hydrogens is 308 g/mol. The summed E-state index contributed by atoms with van der Waals surface area (Å²) in [5, 5.41) is 0. The molecule has 0 spiro atoms. The first-order valence-electron chi connectivity index (χ1n) is 9.11. The number of piperazine rings is 1. The van der Waals surface area contributed by atoms with Crippen LogP contribution in [-0.2, 0) is 6.42 Å². The Kier molecular flexibility index (Phi) is 5.24. The zero-order valence-corrected chi connectivity index (χ0v) is 15.5. The normalized spacial score (nSPS) is 16.0. The maximum atomic E-state index is 12.4. The van der Waals surface area contributed by atoms with Crippen LogP contribution in [0.1, 0.15) is 36.7 Å². The molecule has 3 nitrogen and oxygen atoms in total. The summed E-state index contributed by atoms with van der Waals surface area (Å²) in [5.74, 6) is 0.176. The Bertz CT molecular complexity index is 693. The van der Waals surface area contributed by atoms with Gasteiger partial charge in [-0.2, -0.15) is 0 Å². The third-order valence-electron chi connectivity index (χ3n) is 4.99. The molecule has 1 fully saturated rings. The Morgan fingerprint density at radius 3 is 2.04 bits per heavy atom. The SMILES string of the molecule is CC(C)(C)N1CCN(c2ccc(C(=O)Cc3ccccc3)cc2)CC1. The molecule has 0 saturated carbocycles. The molecule has 132 valence electrons. The number of hydrogen-bond donors (Lipinski definition) is 0. The maximum Gasteiger partial charge on any atom is 0.167 e. The van der Waals surface area contributed by atoms with E-state index in [9.17, 15) is 4.79 Å². The van der Waals surface area contributed by atoms with E-state index in [4.69, 9.17) is 0 Å². The van der Waals surface area contributed by atoms with Gasteiger partial charge < -0.3 is 4.90 Å². The average molecular weight is 336 g/mol. The molecule has 0 aromatic heterocycles. The van der Waals surface area contributed by atoms with Crippen LogP contribution in [0, 0.1) is 0 Å². The first-order chi connectivity index (χ1) is 11.9. The fourth-order valence-corrected chi connectivity index (χ4v) is 3.38. The lowest BCUT2D eigenvalue weighted by atomic mass is 10.0. The van der Waals surface area contributed by atoms with Crippen LogP contribution < -0.4 is 4.90 Å². The zero-order chi connectivity index (χ0) is 17.9. The van der Waals surface area contributed by atoms with Gasteiger partial charge in [0.2, 0.25) is 0 Å². The van der Waals surface area contributed by atoms with E-state index in [-0.39, 0.29) is 11.3 Å². The molecule has 0 radical (unpaired) electrons. The second-order valence-electron chi connectivity index (χ2n) is 7.78. The summed E-state index contributed by atoms with van der Waals surface area (Å²) in [6, 6.07) is 18.0. The molecule has 3 rings (SSSR count). The summed E-state index contributed by atoms with van der Waals surface area (Å²) in [6.45, 7) is 11.1. The number of anilines is 1. The highest BCUT2D eigenvalue weighted by Gasteiger charge is 2.25. The Morgan fingerprint density at radius 1 is 0.880 bits per heavy atom. The van der Waals surface area contributed by atoms with Gasteiger partial charge in [0, 0.05) is 49.4 Å². The van der Waals surface area contributed by atoms with Crippen molar-refractivity contribution < 1.29 is 4.79 Å². The number of carbonyl (C=O) groups excluding carboxylic acids is 1. The molecule has 1 aliphatic rings. The minimum Gasteiger partial charge on any atom is -0.369 e. The van der Waals surface area contributed by atoms with Crippen molar-refractivity contribution in [1.29, 1.82) is 0 Å². The third kappa shape index (κ3) is 4.49. The van der Waals surface area contributed by atoms with Gasteiger partial charge in [-0.3, -0.25) is 9.69 Å². The maximum absolute atomic E-state index is 12.4. The molecule has 2 aromatic carbocycles. The van der Waals surface area contributed by atoms with Gasteiger partial charge in [0.1, 0.15) is 0 Å². The monoisotopic (exact) mass is 336 g/mol. The van der Waals surface area contributed by atoms with E-state index in [2.05, 4.69) is 42.7 Å². The Balaban J connectivity index is 1.60. The Labute approximate surface area is 151 Å². The predicted octanol–water partition coefficient (Wildman–Crippen LogP) is 4.03. The van der Waals surface area contributed by atoms with Gasteiger partial charge in [-0.15, -0.1) is 0 Å². The Morgan fingerprint density at radius 2 is 1.48 bits per heavy atom. The third-order valence-corrected chi connectivity index (χ3v) is 4.99. The van der Waals surface area contributed by atoms with E-state index < -0.39 is 0 Å². The second-order valence-corrected chi connectivity index (χ2v) is 7.78.